The van der Waals surface area contributed by atoms with Crippen LogP contribution in [-0.2, 0) is 15.0 Å². The molecule has 5 rings (SSSR count). The van der Waals surface area contributed by atoms with E-state index in [1.54, 1.807) is 44.2 Å². The number of rotatable bonds is 7. The van der Waals surface area contributed by atoms with E-state index in [-0.39, 0.29) is 13.2 Å². The molecule has 0 saturated carbocycles. The Morgan fingerprint density at radius 1 is 1.14 bits per heavy atom. The number of nitrogens with zero attached hydrogens (tertiary/aromatic N) is 2. The summed E-state index contributed by atoms with van der Waals surface area (Å²) in [5.41, 5.74) is 0.738. The predicted octanol–water partition coefficient (Wildman–Crippen LogP) is 5.84. The molecule has 1 amide bonds. The fourth-order valence-electron chi connectivity index (χ4n) is 4.00. The average molecular weight is 528 g/mol. The summed E-state index contributed by atoms with van der Waals surface area (Å²) in [7, 11) is 0. The van der Waals surface area contributed by atoms with E-state index in [4.69, 9.17) is 34.8 Å². The molecule has 4 aromatic rings. The summed E-state index contributed by atoms with van der Waals surface area (Å²) >= 11 is 6.34. The molecule has 2 N–H and O–H groups in total. The standard InChI is InChI=1S/C26H26ClN3O7/c1-4-9-33-20-8-6-16(11-18(20)27)23-28-22(30-37-23)15-5-7-19-17(10-15)12-21(36-19)26(29-24(31)32)13-34-25(2,3)35-14-26/h5-8,10-12,29H,4,9,13-14H2,1-3H3,(H,31,32). The van der Waals surface area contributed by atoms with Crippen LogP contribution in [-0.4, -0.2) is 46.9 Å². The molecule has 1 saturated heterocycles. The molecule has 37 heavy (non-hydrogen) atoms. The van der Waals surface area contributed by atoms with Crippen molar-refractivity contribution in [3.05, 3.63) is 53.2 Å². The third-order valence-electron chi connectivity index (χ3n) is 5.99. The topological polar surface area (TPSA) is 129 Å². The molecule has 2 aromatic carbocycles. The molecule has 10 nitrogen and oxygen atoms in total. The van der Waals surface area contributed by atoms with Gasteiger partial charge in [0.05, 0.1) is 24.8 Å². The van der Waals surface area contributed by atoms with Gasteiger partial charge in [0, 0.05) is 16.5 Å². The minimum absolute atomic E-state index is 0.0536. The first-order chi connectivity index (χ1) is 17.7. The van der Waals surface area contributed by atoms with Gasteiger partial charge in [-0.1, -0.05) is 23.7 Å². The van der Waals surface area contributed by atoms with E-state index in [0.717, 1.165) is 11.8 Å². The van der Waals surface area contributed by atoms with Gasteiger partial charge in [-0.25, -0.2) is 4.79 Å². The van der Waals surface area contributed by atoms with Crippen molar-refractivity contribution in [3.63, 3.8) is 0 Å². The summed E-state index contributed by atoms with van der Waals surface area (Å²) in [6.45, 7) is 6.24. The van der Waals surface area contributed by atoms with Gasteiger partial charge in [0.15, 0.2) is 5.79 Å². The predicted molar refractivity (Wildman–Crippen MR) is 135 cm³/mol. The average Bonchev–Trinajstić information content (AvgIpc) is 3.52. The van der Waals surface area contributed by atoms with E-state index in [9.17, 15) is 9.90 Å². The molecule has 0 radical (unpaired) electrons. The number of amides is 1. The number of fused-ring (bicyclic) bond motifs is 1. The molecular weight excluding hydrogens is 502 g/mol. The van der Waals surface area contributed by atoms with E-state index in [2.05, 4.69) is 15.5 Å². The molecule has 1 aliphatic rings. The fraction of sp³-hybridized carbons (Fsp3) is 0.346. The Hall–Kier alpha value is -3.60. The van der Waals surface area contributed by atoms with E-state index < -0.39 is 17.4 Å². The zero-order chi connectivity index (χ0) is 26.2. The molecule has 0 spiro atoms. The normalized spacial score (nSPS) is 16.5. The Morgan fingerprint density at radius 2 is 1.89 bits per heavy atom. The maximum absolute atomic E-state index is 11.6. The first-order valence-corrected chi connectivity index (χ1v) is 12.2. The van der Waals surface area contributed by atoms with Crippen molar-refractivity contribution < 1.29 is 33.1 Å². The fourth-order valence-corrected chi connectivity index (χ4v) is 4.23. The van der Waals surface area contributed by atoms with Crippen LogP contribution >= 0.6 is 11.6 Å². The van der Waals surface area contributed by atoms with Gasteiger partial charge in [0.2, 0.25) is 5.82 Å². The van der Waals surface area contributed by atoms with Gasteiger partial charge < -0.3 is 33.6 Å². The molecule has 0 unspecified atom stereocenters. The lowest BCUT2D eigenvalue weighted by Gasteiger charge is -2.41. The van der Waals surface area contributed by atoms with Gasteiger partial charge in [-0.15, -0.1) is 0 Å². The van der Waals surface area contributed by atoms with E-state index in [1.165, 1.54) is 0 Å². The zero-order valence-corrected chi connectivity index (χ0v) is 21.3. The second-order valence-electron chi connectivity index (χ2n) is 9.27. The molecule has 0 bridgehead atoms. The van der Waals surface area contributed by atoms with Crippen molar-refractivity contribution in [1.29, 1.82) is 0 Å². The minimum atomic E-state index is -1.21. The SMILES string of the molecule is CCCOc1ccc(-c2nc(-c3ccc4oc(C5(NC(=O)O)COC(C)(C)OC5)cc4c3)no2)cc1Cl. The minimum Gasteiger partial charge on any atom is -0.492 e. The lowest BCUT2D eigenvalue weighted by atomic mass is 9.96. The van der Waals surface area contributed by atoms with Crippen LogP contribution < -0.4 is 10.1 Å². The zero-order valence-electron chi connectivity index (χ0n) is 20.5. The molecule has 0 aliphatic carbocycles. The van der Waals surface area contributed by atoms with Gasteiger partial charge >= 0.3 is 6.09 Å². The van der Waals surface area contributed by atoms with Crippen LogP contribution in [0.4, 0.5) is 4.79 Å². The number of nitrogens with one attached hydrogen (secondary N) is 1. The number of aromatic nitrogens is 2. The Bertz CT molecular complexity index is 1440. The van der Waals surface area contributed by atoms with Gasteiger partial charge in [0.25, 0.3) is 5.89 Å². The maximum atomic E-state index is 11.6. The Labute approximate surface area is 217 Å². The Morgan fingerprint density at radius 3 is 2.59 bits per heavy atom. The van der Waals surface area contributed by atoms with E-state index >= 15 is 0 Å². The highest BCUT2D eigenvalue weighted by Crippen LogP contribution is 2.36. The summed E-state index contributed by atoms with van der Waals surface area (Å²) in [5.74, 6) is 0.848. The largest absolute Gasteiger partial charge is 0.492 e. The van der Waals surface area contributed by atoms with Crippen molar-refractivity contribution in [2.24, 2.45) is 0 Å². The molecule has 0 atom stereocenters. The summed E-state index contributed by atoms with van der Waals surface area (Å²) in [5, 5.41) is 17.3. The van der Waals surface area contributed by atoms with Crippen molar-refractivity contribution >= 4 is 28.7 Å². The van der Waals surface area contributed by atoms with Gasteiger partial charge in [-0.2, -0.15) is 4.98 Å². The number of carboxylic acid groups (broad SMARTS) is 1. The van der Waals surface area contributed by atoms with Crippen LogP contribution in [0, 0.1) is 0 Å². The van der Waals surface area contributed by atoms with Crippen molar-refractivity contribution in [2.75, 3.05) is 19.8 Å². The van der Waals surface area contributed by atoms with Crippen LogP contribution in [0.3, 0.4) is 0 Å². The molecular formula is C26H26ClN3O7. The third-order valence-corrected chi connectivity index (χ3v) is 6.29. The molecule has 3 heterocycles. The highest BCUT2D eigenvalue weighted by atomic mass is 35.5. The summed E-state index contributed by atoms with van der Waals surface area (Å²) in [6.07, 6.45) is -0.331. The van der Waals surface area contributed by atoms with Gasteiger partial charge in [0.1, 0.15) is 22.6 Å². The number of benzene rings is 2. The summed E-state index contributed by atoms with van der Waals surface area (Å²) in [4.78, 5) is 16.1. The smallest absolute Gasteiger partial charge is 0.405 e. The number of furan rings is 1. The number of hydrogen-bond donors (Lipinski definition) is 2. The second-order valence-corrected chi connectivity index (χ2v) is 9.68. The number of halogens is 1. The summed E-state index contributed by atoms with van der Waals surface area (Å²) < 4.78 is 28.6. The van der Waals surface area contributed by atoms with Crippen molar-refractivity contribution in [2.45, 2.75) is 38.5 Å². The van der Waals surface area contributed by atoms with Crippen LogP contribution in [0.2, 0.25) is 5.02 Å². The highest BCUT2D eigenvalue weighted by molar-refractivity contribution is 6.32. The first-order valence-electron chi connectivity index (χ1n) is 11.8. The molecule has 1 aliphatic heterocycles. The van der Waals surface area contributed by atoms with Crippen molar-refractivity contribution in [1.82, 2.24) is 15.5 Å². The van der Waals surface area contributed by atoms with E-state index in [0.29, 0.717) is 51.6 Å². The maximum Gasteiger partial charge on any atom is 0.405 e. The lowest BCUT2D eigenvalue weighted by Crippen LogP contribution is -2.58. The number of carbonyl (C=O) groups is 1. The quantitative estimate of drug-likeness (QED) is 0.304. The lowest BCUT2D eigenvalue weighted by molar-refractivity contribution is -0.274. The molecule has 194 valence electrons. The van der Waals surface area contributed by atoms with Crippen LogP contribution in [0.1, 0.15) is 33.0 Å². The van der Waals surface area contributed by atoms with Gasteiger partial charge in [-0.05, 0) is 62.7 Å². The van der Waals surface area contributed by atoms with Crippen molar-refractivity contribution in [3.8, 4) is 28.6 Å². The second kappa shape index (κ2) is 9.70. The highest BCUT2D eigenvalue weighted by Gasteiger charge is 2.45. The van der Waals surface area contributed by atoms with Crippen LogP contribution in [0.15, 0.2) is 51.4 Å². The van der Waals surface area contributed by atoms with Crippen LogP contribution in [0.25, 0.3) is 33.8 Å². The number of ether oxygens (including phenoxy) is 3. The molecule has 11 heteroatoms. The first kappa shape index (κ1) is 25.1. The van der Waals surface area contributed by atoms with Gasteiger partial charge in [-0.3, -0.25) is 0 Å². The third kappa shape index (κ3) is 5.13. The Balaban J connectivity index is 1.42. The van der Waals surface area contributed by atoms with Crippen LogP contribution in [0.5, 0.6) is 5.75 Å². The number of hydrogen-bond acceptors (Lipinski definition) is 8. The monoisotopic (exact) mass is 527 g/mol. The summed E-state index contributed by atoms with van der Waals surface area (Å²) in [6, 6.07) is 12.5. The van der Waals surface area contributed by atoms with E-state index in [1.807, 2.05) is 19.1 Å². The molecule has 1 fully saturated rings. The Kier molecular flexibility index (Phi) is 6.57. The molecule has 2 aromatic heterocycles.